The van der Waals surface area contributed by atoms with Crippen molar-refractivity contribution in [2.75, 3.05) is 6.54 Å². The van der Waals surface area contributed by atoms with Gasteiger partial charge in [0.2, 0.25) is 5.56 Å². The molecule has 6 nitrogen and oxygen atoms in total. The van der Waals surface area contributed by atoms with Gasteiger partial charge in [0.05, 0.1) is 11.6 Å². The monoisotopic (exact) mass is 460 g/mol. The molecule has 0 radical (unpaired) electrons. The number of aromatic nitrogens is 1. The lowest BCUT2D eigenvalue weighted by molar-refractivity contribution is -0.101. The Morgan fingerprint density at radius 3 is 2.24 bits per heavy atom. The summed E-state index contributed by atoms with van der Waals surface area (Å²) < 4.78 is 7.66. The zero-order valence-corrected chi connectivity index (χ0v) is 20.2. The third kappa shape index (κ3) is 4.92. The SMILES string of the molecule is CC(c1ccc(-c2ccc(=O)n(C)c2)cc1)N1CCC(CC(C)(C)O)(c2ccccc2)OC1=O. The molecule has 2 unspecified atom stereocenters. The van der Waals surface area contributed by atoms with Crippen molar-refractivity contribution in [2.24, 2.45) is 7.05 Å². The van der Waals surface area contributed by atoms with Crippen LogP contribution in [-0.2, 0) is 17.4 Å². The lowest BCUT2D eigenvalue weighted by atomic mass is 9.80. The smallest absolute Gasteiger partial charge is 0.411 e. The Labute approximate surface area is 200 Å². The molecule has 1 N–H and O–H groups in total. The molecule has 2 aromatic carbocycles. The number of benzene rings is 2. The molecule has 3 aromatic rings. The number of carbonyl (C=O) groups is 1. The fourth-order valence-corrected chi connectivity index (χ4v) is 4.79. The number of aryl methyl sites for hydroxylation is 1. The summed E-state index contributed by atoms with van der Waals surface area (Å²) in [6.07, 6.45) is 2.35. The van der Waals surface area contributed by atoms with Crippen LogP contribution in [0.1, 0.15) is 50.8 Å². The van der Waals surface area contributed by atoms with Crippen molar-refractivity contribution in [3.05, 3.63) is 94.4 Å². The lowest BCUT2D eigenvalue weighted by Crippen LogP contribution is -2.51. The Morgan fingerprint density at radius 1 is 1.00 bits per heavy atom. The summed E-state index contributed by atoms with van der Waals surface area (Å²) in [6, 6.07) is 20.9. The Kier molecular flexibility index (Phi) is 6.36. The van der Waals surface area contributed by atoms with Gasteiger partial charge in [-0.3, -0.25) is 4.79 Å². The second kappa shape index (κ2) is 9.11. The first-order chi connectivity index (χ1) is 16.1. The van der Waals surface area contributed by atoms with E-state index in [0.717, 1.165) is 22.3 Å². The molecule has 4 rings (SSSR count). The van der Waals surface area contributed by atoms with E-state index in [9.17, 15) is 14.7 Å². The minimum Gasteiger partial charge on any atom is -0.438 e. The number of carbonyl (C=O) groups excluding carboxylic acids is 1. The number of ether oxygens (including phenoxy) is 1. The predicted molar refractivity (Wildman–Crippen MR) is 132 cm³/mol. The van der Waals surface area contributed by atoms with Crippen LogP contribution in [0.15, 0.2) is 77.7 Å². The summed E-state index contributed by atoms with van der Waals surface area (Å²) in [5, 5.41) is 10.6. The molecule has 2 heterocycles. The molecule has 1 aromatic heterocycles. The highest BCUT2D eigenvalue weighted by molar-refractivity contribution is 5.70. The first-order valence-corrected chi connectivity index (χ1v) is 11.6. The maximum Gasteiger partial charge on any atom is 0.411 e. The molecular formula is C28H32N2O4. The van der Waals surface area contributed by atoms with Crippen LogP contribution in [0.25, 0.3) is 11.1 Å². The molecule has 0 bridgehead atoms. The van der Waals surface area contributed by atoms with Gasteiger partial charge < -0.3 is 19.3 Å². The molecule has 34 heavy (non-hydrogen) atoms. The van der Waals surface area contributed by atoms with Crippen molar-refractivity contribution in [3.8, 4) is 11.1 Å². The number of pyridine rings is 1. The van der Waals surface area contributed by atoms with Gasteiger partial charge in [0.1, 0.15) is 5.60 Å². The van der Waals surface area contributed by atoms with Crippen LogP contribution in [0.3, 0.4) is 0 Å². The van der Waals surface area contributed by atoms with Crippen molar-refractivity contribution >= 4 is 6.09 Å². The molecule has 2 atom stereocenters. The quantitative estimate of drug-likeness (QED) is 0.561. The van der Waals surface area contributed by atoms with Crippen molar-refractivity contribution in [1.82, 2.24) is 9.47 Å². The molecule has 1 fully saturated rings. The van der Waals surface area contributed by atoms with E-state index in [4.69, 9.17) is 4.74 Å². The summed E-state index contributed by atoms with van der Waals surface area (Å²) in [4.78, 5) is 26.6. The topological polar surface area (TPSA) is 71.8 Å². The Bertz CT molecular complexity index is 1210. The second-order valence-corrected chi connectivity index (χ2v) is 9.83. The minimum absolute atomic E-state index is 0.0474. The number of hydrogen-bond acceptors (Lipinski definition) is 4. The number of hydrogen-bond donors (Lipinski definition) is 1. The third-order valence-electron chi connectivity index (χ3n) is 6.57. The van der Waals surface area contributed by atoms with Gasteiger partial charge in [-0.05, 0) is 49.1 Å². The van der Waals surface area contributed by atoms with E-state index in [-0.39, 0.29) is 17.7 Å². The van der Waals surface area contributed by atoms with E-state index in [2.05, 4.69) is 0 Å². The van der Waals surface area contributed by atoms with Crippen LogP contribution in [0.4, 0.5) is 4.79 Å². The van der Waals surface area contributed by atoms with E-state index in [1.807, 2.05) is 73.8 Å². The van der Waals surface area contributed by atoms with Gasteiger partial charge >= 0.3 is 6.09 Å². The van der Waals surface area contributed by atoms with Crippen LogP contribution in [0, 0.1) is 0 Å². The first kappa shape index (κ1) is 23.8. The highest BCUT2D eigenvalue weighted by Crippen LogP contribution is 2.42. The van der Waals surface area contributed by atoms with Crippen LogP contribution < -0.4 is 5.56 Å². The molecule has 1 amide bonds. The molecule has 1 aliphatic rings. The summed E-state index contributed by atoms with van der Waals surface area (Å²) in [7, 11) is 1.73. The molecule has 178 valence electrons. The van der Waals surface area contributed by atoms with Crippen molar-refractivity contribution in [1.29, 1.82) is 0 Å². The average Bonchev–Trinajstić information content (AvgIpc) is 2.80. The van der Waals surface area contributed by atoms with Crippen LogP contribution in [0.2, 0.25) is 0 Å². The number of nitrogens with zero attached hydrogens (tertiary/aromatic N) is 2. The van der Waals surface area contributed by atoms with E-state index >= 15 is 0 Å². The normalized spacial score (nSPS) is 19.6. The van der Waals surface area contributed by atoms with Gasteiger partial charge in [0.25, 0.3) is 0 Å². The fourth-order valence-electron chi connectivity index (χ4n) is 4.79. The van der Waals surface area contributed by atoms with Crippen molar-refractivity contribution < 1.29 is 14.6 Å². The number of cyclic esters (lactones) is 1. The summed E-state index contributed by atoms with van der Waals surface area (Å²) in [5.41, 5.74) is 1.97. The van der Waals surface area contributed by atoms with Gasteiger partial charge in [-0.2, -0.15) is 0 Å². The summed E-state index contributed by atoms with van der Waals surface area (Å²) in [6.45, 7) is 6.00. The molecule has 0 saturated carbocycles. The number of aliphatic hydroxyl groups is 1. The van der Waals surface area contributed by atoms with Gasteiger partial charge in [0, 0.05) is 38.7 Å². The lowest BCUT2D eigenvalue weighted by Gasteiger charge is -2.45. The zero-order chi connectivity index (χ0) is 24.5. The number of amides is 1. The Balaban J connectivity index is 1.54. The first-order valence-electron chi connectivity index (χ1n) is 11.6. The van der Waals surface area contributed by atoms with Crippen molar-refractivity contribution in [2.45, 2.75) is 50.9 Å². The van der Waals surface area contributed by atoms with E-state index < -0.39 is 11.2 Å². The molecule has 1 aliphatic heterocycles. The molecule has 0 aliphatic carbocycles. The highest BCUT2D eigenvalue weighted by atomic mass is 16.6. The van der Waals surface area contributed by atoms with Gasteiger partial charge in [-0.25, -0.2) is 4.79 Å². The minimum atomic E-state index is -0.985. The van der Waals surface area contributed by atoms with Gasteiger partial charge in [-0.15, -0.1) is 0 Å². The zero-order valence-electron chi connectivity index (χ0n) is 20.2. The summed E-state index contributed by atoms with van der Waals surface area (Å²) >= 11 is 0. The molecular weight excluding hydrogens is 428 g/mol. The molecule has 6 heteroatoms. The third-order valence-corrected chi connectivity index (χ3v) is 6.57. The second-order valence-electron chi connectivity index (χ2n) is 9.83. The molecule has 0 spiro atoms. The summed E-state index contributed by atoms with van der Waals surface area (Å²) in [5.74, 6) is 0. The maximum atomic E-state index is 13.2. The predicted octanol–water partition coefficient (Wildman–Crippen LogP) is 5.01. The largest absolute Gasteiger partial charge is 0.438 e. The van der Waals surface area contributed by atoms with Gasteiger partial charge in [0.15, 0.2) is 0 Å². The standard InChI is InChI=1S/C28H32N2O4/c1-20(21-10-12-22(13-11-21)23-14-15-25(31)29(4)18-23)30-17-16-28(34-26(30)32,19-27(2,3)33)24-8-6-5-7-9-24/h5-15,18,20,33H,16-17,19H2,1-4H3. The van der Waals surface area contributed by atoms with Crippen LogP contribution >= 0.6 is 0 Å². The Morgan fingerprint density at radius 2 is 1.65 bits per heavy atom. The fraction of sp³-hybridized carbons (Fsp3) is 0.357. The van der Waals surface area contributed by atoms with E-state index in [1.165, 1.54) is 0 Å². The Hall–Kier alpha value is -3.38. The van der Waals surface area contributed by atoms with Crippen LogP contribution in [-0.4, -0.2) is 32.8 Å². The molecule has 1 saturated heterocycles. The van der Waals surface area contributed by atoms with E-state index in [0.29, 0.717) is 19.4 Å². The van der Waals surface area contributed by atoms with E-state index in [1.54, 1.807) is 36.4 Å². The van der Waals surface area contributed by atoms with Crippen molar-refractivity contribution in [3.63, 3.8) is 0 Å². The highest BCUT2D eigenvalue weighted by Gasteiger charge is 2.46. The average molecular weight is 461 g/mol. The number of rotatable bonds is 6. The van der Waals surface area contributed by atoms with Crippen LogP contribution in [0.5, 0.6) is 0 Å². The maximum absolute atomic E-state index is 13.2. The van der Waals surface area contributed by atoms with Gasteiger partial charge in [-0.1, -0.05) is 54.6 Å².